The average Bonchev–Trinajstić information content (AvgIpc) is 3.21. The topological polar surface area (TPSA) is 30.7 Å². The van der Waals surface area contributed by atoms with E-state index in [1.54, 1.807) is 12.3 Å². The summed E-state index contributed by atoms with van der Waals surface area (Å²) in [7, 11) is 0. The zero-order valence-electron chi connectivity index (χ0n) is 17.4. The van der Waals surface area contributed by atoms with Gasteiger partial charge in [-0.05, 0) is 38.0 Å². The van der Waals surface area contributed by atoms with Crippen LogP contribution in [0.4, 0.5) is 4.39 Å². The zero-order valence-corrected chi connectivity index (χ0v) is 17.4. The molecule has 1 heterocycles. The molecule has 0 N–H and O–H groups in total. The van der Waals surface area contributed by atoms with E-state index in [2.05, 4.69) is 10.2 Å². The predicted molar refractivity (Wildman–Crippen MR) is 120 cm³/mol. The molecule has 0 aliphatic heterocycles. The summed E-state index contributed by atoms with van der Waals surface area (Å²) in [6.07, 6.45) is 3.24. The van der Waals surface area contributed by atoms with Gasteiger partial charge in [-0.2, -0.15) is 15.0 Å². The van der Waals surface area contributed by atoms with E-state index < -0.39 is 6.04 Å². The van der Waals surface area contributed by atoms with Crippen molar-refractivity contribution in [3.63, 3.8) is 0 Å². The van der Waals surface area contributed by atoms with E-state index in [1.165, 1.54) is 10.4 Å². The smallest absolute Gasteiger partial charge is 0.148 e. The molecule has 0 aliphatic carbocycles. The first-order valence-corrected chi connectivity index (χ1v) is 9.99. The standard InChI is InChI=1S/C26H24FN3/c1-18-4-10-21(11-5-18)16-24(27)26(23-14-8-20(3)9-15-23)30-28-17-25(29-30)22-12-6-19(2)7-13-22/h4-17,26H,1-3H3/b24-16-/t26-/m0/s1. The zero-order chi connectivity index (χ0) is 21.1. The van der Waals surface area contributed by atoms with Crippen molar-refractivity contribution in [3.05, 3.63) is 113 Å². The lowest BCUT2D eigenvalue weighted by molar-refractivity contribution is 0.434. The molecule has 30 heavy (non-hydrogen) atoms. The lowest BCUT2D eigenvalue weighted by atomic mass is 10.0. The van der Waals surface area contributed by atoms with Crippen molar-refractivity contribution in [1.82, 2.24) is 15.0 Å². The van der Waals surface area contributed by atoms with Gasteiger partial charge in [-0.25, -0.2) is 4.39 Å². The molecule has 0 fully saturated rings. The first kappa shape index (κ1) is 19.8. The first-order valence-electron chi connectivity index (χ1n) is 9.99. The SMILES string of the molecule is Cc1ccc(/C=C(\F)[C@H](c2ccc(C)cc2)n2ncc(-c3ccc(C)cc3)n2)cc1. The third-order valence-corrected chi connectivity index (χ3v) is 5.12. The molecule has 0 unspecified atom stereocenters. The lowest BCUT2D eigenvalue weighted by Crippen LogP contribution is -2.15. The van der Waals surface area contributed by atoms with Gasteiger partial charge in [0.25, 0.3) is 0 Å². The van der Waals surface area contributed by atoms with Crippen LogP contribution in [0.2, 0.25) is 0 Å². The van der Waals surface area contributed by atoms with E-state index >= 15 is 4.39 Å². The molecule has 1 atom stereocenters. The van der Waals surface area contributed by atoms with Gasteiger partial charge < -0.3 is 0 Å². The van der Waals surface area contributed by atoms with Crippen LogP contribution in [0.3, 0.4) is 0 Å². The second-order valence-electron chi connectivity index (χ2n) is 7.67. The van der Waals surface area contributed by atoms with Crippen LogP contribution in [0.5, 0.6) is 0 Å². The summed E-state index contributed by atoms with van der Waals surface area (Å²) in [5.74, 6) is -0.311. The Hall–Kier alpha value is -3.53. The number of hydrogen-bond donors (Lipinski definition) is 0. The van der Waals surface area contributed by atoms with Crippen LogP contribution in [-0.2, 0) is 0 Å². The van der Waals surface area contributed by atoms with Gasteiger partial charge in [0.1, 0.15) is 17.6 Å². The number of hydrogen-bond acceptors (Lipinski definition) is 2. The summed E-state index contributed by atoms with van der Waals surface area (Å²) in [6.45, 7) is 6.07. The fourth-order valence-electron chi connectivity index (χ4n) is 3.31. The number of allylic oxidation sites excluding steroid dienone is 1. The Morgan fingerprint density at radius 2 is 1.33 bits per heavy atom. The normalized spacial score (nSPS) is 12.7. The van der Waals surface area contributed by atoms with Crippen LogP contribution in [0.1, 0.15) is 33.9 Å². The van der Waals surface area contributed by atoms with Crippen LogP contribution < -0.4 is 0 Å². The maximum absolute atomic E-state index is 15.6. The molecule has 0 radical (unpaired) electrons. The maximum Gasteiger partial charge on any atom is 0.148 e. The van der Waals surface area contributed by atoms with Crippen LogP contribution in [-0.4, -0.2) is 15.0 Å². The molecule has 0 spiro atoms. The average molecular weight is 397 g/mol. The number of aromatic nitrogens is 3. The van der Waals surface area contributed by atoms with Gasteiger partial charge in [0, 0.05) is 5.56 Å². The molecule has 0 saturated heterocycles. The molecule has 3 nitrogen and oxygen atoms in total. The van der Waals surface area contributed by atoms with Gasteiger partial charge in [0.2, 0.25) is 0 Å². The fraction of sp³-hybridized carbons (Fsp3) is 0.154. The van der Waals surface area contributed by atoms with Crippen molar-refractivity contribution >= 4 is 6.08 Å². The molecule has 1 aromatic heterocycles. The Morgan fingerprint density at radius 1 is 0.800 bits per heavy atom. The minimum absolute atomic E-state index is 0.311. The Balaban J connectivity index is 1.75. The van der Waals surface area contributed by atoms with Gasteiger partial charge in [-0.3, -0.25) is 0 Å². The third kappa shape index (κ3) is 4.38. The highest BCUT2D eigenvalue weighted by Crippen LogP contribution is 2.29. The molecule has 0 amide bonds. The van der Waals surface area contributed by atoms with E-state index in [4.69, 9.17) is 0 Å². The van der Waals surface area contributed by atoms with E-state index in [9.17, 15) is 0 Å². The Bertz CT molecular complexity index is 1150. The van der Waals surface area contributed by atoms with Gasteiger partial charge in [0.15, 0.2) is 0 Å². The van der Waals surface area contributed by atoms with E-state index in [0.29, 0.717) is 0 Å². The fourth-order valence-corrected chi connectivity index (χ4v) is 3.31. The van der Waals surface area contributed by atoms with Gasteiger partial charge in [-0.1, -0.05) is 89.5 Å². The van der Waals surface area contributed by atoms with Crippen molar-refractivity contribution in [2.75, 3.05) is 0 Å². The predicted octanol–water partition coefficient (Wildman–Crippen LogP) is 6.47. The molecule has 0 saturated carbocycles. The number of aryl methyl sites for hydroxylation is 3. The van der Waals surface area contributed by atoms with Crippen LogP contribution in [0, 0.1) is 20.8 Å². The molecule has 3 aromatic carbocycles. The second-order valence-corrected chi connectivity index (χ2v) is 7.67. The highest BCUT2D eigenvalue weighted by Gasteiger charge is 2.22. The summed E-state index contributed by atoms with van der Waals surface area (Å²) >= 11 is 0. The number of nitrogens with zero attached hydrogens (tertiary/aromatic N) is 3. The van der Waals surface area contributed by atoms with E-state index in [0.717, 1.165) is 33.5 Å². The molecule has 0 bridgehead atoms. The summed E-state index contributed by atoms with van der Waals surface area (Å²) in [5.41, 5.74) is 6.71. The second kappa shape index (κ2) is 8.46. The monoisotopic (exact) mass is 397 g/mol. The minimum Gasteiger partial charge on any atom is -0.209 e. The molecular formula is C26H24FN3. The van der Waals surface area contributed by atoms with Crippen molar-refractivity contribution in [3.8, 4) is 11.3 Å². The van der Waals surface area contributed by atoms with Crippen LogP contribution in [0.25, 0.3) is 17.3 Å². The molecular weight excluding hydrogens is 373 g/mol. The quantitative estimate of drug-likeness (QED) is 0.386. The minimum atomic E-state index is -0.730. The Morgan fingerprint density at radius 3 is 1.93 bits per heavy atom. The lowest BCUT2D eigenvalue weighted by Gasteiger charge is -2.15. The van der Waals surface area contributed by atoms with Gasteiger partial charge >= 0.3 is 0 Å². The number of halogens is 1. The highest BCUT2D eigenvalue weighted by molar-refractivity contribution is 5.58. The number of benzene rings is 3. The maximum atomic E-state index is 15.6. The molecule has 150 valence electrons. The van der Waals surface area contributed by atoms with Crippen molar-refractivity contribution < 1.29 is 4.39 Å². The molecule has 4 heteroatoms. The molecule has 0 aliphatic rings. The summed E-state index contributed by atoms with van der Waals surface area (Å²) in [5, 5.41) is 9.03. The first-order chi connectivity index (χ1) is 14.5. The van der Waals surface area contributed by atoms with E-state index in [-0.39, 0.29) is 5.83 Å². The Labute approximate surface area is 176 Å². The van der Waals surface area contributed by atoms with Gasteiger partial charge in [-0.15, -0.1) is 0 Å². The van der Waals surface area contributed by atoms with Crippen LogP contribution in [0.15, 0.2) is 84.8 Å². The molecule has 4 rings (SSSR count). The summed E-state index contributed by atoms with van der Waals surface area (Å²) in [6, 6.07) is 22.9. The summed E-state index contributed by atoms with van der Waals surface area (Å²) < 4.78 is 15.6. The highest BCUT2D eigenvalue weighted by atomic mass is 19.1. The Kier molecular flexibility index (Phi) is 5.57. The number of rotatable bonds is 5. The van der Waals surface area contributed by atoms with Crippen molar-refractivity contribution in [2.45, 2.75) is 26.8 Å². The third-order valence-electron chi connectivity index (χ3n) is 5.12. The summed E-state index contributed by atoms with van der Waals surface area (Å²) in [4.78, 5) is 1.46. The molecule has 4 aromatic rings. The van der Waals surface area contributed by atoms with Crippen molar-refractivity contribution in [2.24, 2.45) is 0 Å². The van der Waals surface area contributed by atoms with Gasteiger partial charge in [0.05, 0.1) is 6.20 Å². The van der Waals surface area contributed by atoms with E-state index in [1.807, 2.05) is 93.6 Å². The van der Waals surface area contributed by atoms with Crippen molar-refractivity contribution in [1.29, 1.82) is 0 Å². The largest absolute Gasteiger partial charge is 0.209 e. The van der Waals surface area contributed by atoms with Crippen LogP contribution >= 0.6 is 0 Å².